The average molecular weight is 232 g/mol. The van der Waals surface area contributed by atoms with Crippen LogP contribution >= 0.6 is 0 Å². The molecule has 0 aliphatic rings. The number of alkyl halides is 3. The highest BCUT2D eigenvalue weighted by atomic mass is 19.3. The molecule has 0 heterocycles. The van der Waals surface area contributed by atoms with Gasteiger partial charge in [-0.15, -0.1) is 0 Å². The lowest BCUT2D eigenvalue weighted by Crippen LogP contribution is -2.09. The summed E-state index contributed by atoms with van der Waals surface area (Å²) < 4.78 is 37.2. The van der Waals surface area contributed by atoms with Crippen LogP contribution in [0.5, 0.6) is 0 Å². The Bertz CT molecular complexity index is 379. The first kappa shape index (κ1) is 12.5. The van der Waals surface area contributed by atoms with E-state index in [1.165, 1.54) is 25.1 Å². The second kappa shape index (κ2) is 5.01. The Labute approximate surface area is 90.7 Å². The predicted octanol–water partition coefficient (Wildman–Crippen LogP) is 3.15. The minimum atomic E-state index is -3.10. The first-order valence-electron chi connectivity index (χ1n) is 4.68. The van der Waals surface area contributed by atoms with Crippen LogP contribution in [0.25, 0.3) is 0 Å². The molecule has 0 radical (unpaired) electrons. The summed E-state index contributed by atoms with van der Waals surface area (Å²) in [7, 11) is 0. The molecule has 1 aromatic rings. The SMILES string of the molecule is CC(C(=O)O)c1cccc(C(F)C(F)F)c1. The molecule has 0 saturated heterocycles. The van der Waals surface area contributed by atoms with Crippen LogP contribution < -0.4 is 0 Å². The Morgan fingerprint density at radius 3 is 2.31 bits per heavy atom. The van der Waals surface area contributed by atoms with Gasteiger partial charge in [-0.2, -0.15) is 0 Å². The van der Waals surface area contributed by atoms with E-state index in [1.54, 1.807) is 0 Å². The van der Waals surface area contributed by atoms with Crippen LogP contribution in [0, 0.1) is 0 Å². The van der Waals surface area contributed by atoms with Gasteiger partial charge in [-0.25, -0.2) is 13.2 Å². The molecule has 1 rings (SSSR count). The van der Waals surface area contributed by atoms with Gasteiger partial charge in [0.1, 0.15) is 0 Å². The maximum atomic E-state index is 13.0. The zero-order valence-electron chi connectivity index (χ0n) is 8.53. The van der Waals surface area contributed by atoms with Gasteiger partial charge < -0.3 is 5.11 Å². The molecule has 0 saturated carbocycles. The van der Waals surface area contributed by atoms with E-state index in [2.05, 4.69) is 0 Å². The van der Waals surface area contributed by atoms with E-state index in [9.17, 15) is 18.0 Å². The summed E-state index contributed by atoms with van der Waals surface area (Å²) in [6, 6.07) is 5.23. The number of carbonyl (C=O) groups is 1. The predicted molar refractivity (Wildman–Crippen MR) is 52.3 cm³/mol. The molecule has 0 amide bonds. The van der Waals surface area contributed by atoms with Crippen LogP contribution in [0.15, 0.2) is 24.3 Å². The Morgan fingerprint density at radius 2 is 1.81 bits per heavy atom. The molecular formula is C11H11F3O2. The van der Waals surface area contributed by atoms with Gasteiger partial charge >= 0.3 is 5.97 Å². The minimum absolute atomic E-state index is 0.194. The number of hydrogen-bond acceptors (Lipinski definition) is 1. The van der Waals surface area contributed by atoms with Crippen LogP contribution in [0.3, 0.4) is 0 Å². The lowest BCUT2D eigenvalue weighted by Gasteiger charge is -2.11. The second-order valence-corrected chi connectivity index (χ2v) is 3.47. The summed E-state index contributed by atoms with van der Waals surface area (Å²) in [5, 5.41) is 8.73. The van der Waals surface area contributed by atoms with Gasteiger partial charge in [-0.1, -0.05) is 24.3 Å². The molecule has 2 atom stereocenters. The van der Waals surface area contributed by atoms with E-state index in [0.717, 1.165) is 6.07 Å². The highest BCUT2D eigenvalue weighted by molar-refractivity contribution is 5.75. The van der Waals surface area contributed by atoms with Gasteiger partial charge in [-0.3, -0.25) is 4.79 Å². The summed E-state index contributed by atoms with van der Waals surface area (Å²) in [4.78, 5) is 10.7. The zero-order chi connectivity index (χ0) is 12.3. The number of rotatable bonds is 4. The summed E-state index contributed by atoms with van der Waals surface area (Å²) in [5.41, 5.74) is 0.119. The van der Waals surface area contributed by atoms with Gasteiger partial charge in [0.25, 0.3) is 6.43 Å². The third kappa shape index (κ3) is 2.74. The van der Waals surface area contributed by atoms with E-state index < -0.39 is 24.5 Å². The van der Waals surface area contributed by atoms with Crippen molar-refractivity contribution < 1.29 is 23.1 Å². The van der Waals surface area contributed by atoms with Crippen molar-refractivity contribution in [1.29, 1.82) is 0 Å². The molecule has 0 aromatic heterocycles. The Kier molecular flexibility index (Phi) is 3.93. The molecule has 2 nitrogen and oxygen atoms in total. The molecule has 0 aliphatic heterocycles. The lowest BCUT2D eigenvalue weighted by molar-refractivity contribution is -0.138. The van der Waals surface area contributed by atoms with E-state index >= 15 is 0 Å². The van der Waals surface area contributed by atoms with Crippen molar-refractivity contribution in [3.05, 3.63) is 35.4 Å². The lowest BCUT2D eigenvalue weighted by atomic mass is 9.98. The summed E-state index contributed by atoms with van der Waals surface area (Å²) in [6.07, 6.45) is -5.48. The second-order valence-electron chi connectivity index (χ2n) is 3.47. The number of aliphatic carboxylic acids is 1. The number of carboxylic acid groups (broad SMARTS) is 1. The monoisotopic (exact) mass is 232 g/mol. The molecule has 0 spiro atoms. The molecule has 0 aliphatic carbocycles. The molecular weight excluding hydrogens is 221 g/mol. The molecule has 2 unspecified atom stereocenters. The number of benzene rings is 1. The molecule has 5 heteroatoms. The smallest absolute Gasteiger partial charge is 0.310 e. The fourth-order valence-electron chi connectivity index (χ4n) is 1.29. The third-order valence-electron chi connectivity index (χ3n) is 2.32. The Hall–Kier alpha value is -1.52. The van der Waals surface area contributed by atoms with Crippen molar-refractivity contribution in [3.63, 3.8) is 0 Å². The largest absolute Gasteiger partial charge is 0.481 e. The normalized spacial score (nSPS) is 14.8. The van der Waals surface area contributed by atoms with Crippen LogP contribution in [0.1, 0.15) is 30.1 Å². The van der Waals surface area contributed by atoms with E-state index in [-0.39, 0.29) is 5.56 Å². The van der Waals surface area contributed by atoms with Crippen LogP contribution in [0.4, 0.5) is 13.2 Å². The Morgan fingerprint density at radius 1 is 1.25 bits per heavy atom. The van der Waals surface area contributed by atoms with Crippen molar-refractivity contribution in [2.45, 2.75) is 25.4 Å². The molecule has 1 N–H and O–H groups in total. The van der Waals surface area contributed by atoms with Crippen LogP contribution in [-0.2, 0) is 4.79 Å². The maximum Gasteiger partial charge on any atom is 0.310 e. The Balaban J connectivity index is 2.99. The summed E-state index contributed by atoms with van der Waals surface area (Å²) in [5.74, 6) is -1.92. The van der Waals surface area contributed by atoms with Crippen molar-refractivity contribution in [1.82, 2.24) is 0 Å². The van der Waals surface area contributed by atoms with E-state index in [4.69, 9.17) is 5.11 Å². The number of carboxylic acids is 1. The first-order chi connectivity index (χ1) is 7.43. The van der Waals surface area contributed by atoms with Gasteiger partial charge in [0.2, 0.25) is 0 Å². The van der Waals surface area contributed by atoms with E-state index in [0.29, 0.717) is 5.56 Å². The van der Waals surface area contributed by atoms with Gasteiger partial charge in [0.05, 0.1) is 5.92 Å². The van der Waals surface area contributed by atoms with Crippen LogP contribution in [-0.4, -0.2) is 17.5 Å². The first-order valence-corrected chi connectivity index (χ1v) is 4.68. The average Bonchev–Trinajstić information content (AvgIpc) is 2.26. The molecule has 0 bridgehead atoms. The van der Waals surface area contributed by atoms with Crippen molar-refractivity contribution in [2.24, 2.45) is 0 Å². The van der Waals surface area contributed by atoms with Gasteiger partial charge in [0, 0.05) is 0 Å². The molecule has 1 aromatic carbocycles. The number of halogens is 3. The fraction of sp³-hybridized carbons (Fsp3) is 0.364. The van der Waals surface area contributed by atoms with E-state index in [1.807, 2.05) is 0 Å². The van der Waals surface area contributed by atoms with Gasteiger partial charge in [-0.05, 0) is 18.1 Å². The maximum absolute atomic E-state index is 13.0. The van der Waals surface area contributed by atoms with Crippen molar-refractivity contribution >= 4 is 5.97 Å². The van der Waals surface area contributed by atoms with Crippen molar-refractivity contribution in [2.75, 3.05) is 0 Å². The number of hydrogen-bond donors (Lipinski definition) is 1. The molecule has 0 fully saturated rings. The molecule has 88 valence electrons. The van der Waals surface area contributed by atoms with Crippen LogP contribution in [0.2, 0.25) is 0 Å². The third-order valence-corrected chi connectivity index (χ3v) is 2.32. The standard InChI is InChI=1S/C11H11F3O2/c1-6(11(15)16)7-3-2-4-8(5-7)9(12)10(13)14/h2-6,9-10H,1H3,(H,15,16). The quantitative estimate of drug-likeness (QED) is 0.865. The summed E-state index contributed by atoms with van der Waals surface area (Å²) in [6.45, 7) is 1.41. The topological polar surface area (TPSA) is 37.3 Å². The highest BCUT2D eigenvalue weighted by Gasteiger charge is 2.23. The highest BCUT2D eigenvalue weighted by Crippen LogP contribution is 2.27. The zero-order valence-corrected chi connectivity index (χ0v) is 8.53. The fourth-order valence-corrected chi connectivity index (χ4v) is 1.29. The minimum Gasteiger partial charge on any atom is -0.481 e. The summed E-state index contributed by atoms with van der Waals surface area (Å²) >= 11 is 0. The molecule has 16 heavy (non-hydrogen) atoms. The van der Waals surface area contributed by atoms with Crippen molar-refractivity contribution in [3.8, 4) is 0 Å². The van der Waals surface area contributed by atoms with Gasteiger partial charge in [0.15, 0.2) is 6.17 Å².